The van der Waals surface area contributed by atoms with E-state index in [2.05, 4.69) is 5.32 Å². The third kappa shape index (κ3) is 4.59. The second-order valence-corrected chi connectivity index (χ2v) is 9.31. The van der Waals surface area contributed by atoms with Crippen molar-refractivity contribution in [1.29, 1.82) is 0 Å². The van der Waals surface area contributed by atoms with E-state index in [9.17, 15) is 9.59 Å². The van der Waals surface area contributed by atoms with Crippen LogP contribution < -0.4 is 5.32 Å². The maximum absolute atomic E-state index is 12.4. The average molecular weight is 363 g/mol. The fraction of sp³-hybridized carbons (Fsp3) is 0.905. The highest BCUT2D eigenvalue weighted by Gasteiger charge is 2.51. The SMILES string of the molecule is O=C(CC1COC2(C1)CN(C(=O)CCC1CCCCC1)C2)NCC1CC1. The lowest BCUT2D eigenvalue weighted by molar-refractivity contribution is -0.158. The van der Waals surface area contributed by atoms with Crippen molar-refractivity contribution < 1.29 is 14.3 Å². The molecule has 2 amide bonds. The number of hydrogen-bond donors (Lipinski definition) is 1. The molecule has 2 heterocycles. The van der Waals surface area contributed by atoms with Crippen LogP contribution in [0.4, 0.5) is 0 Å². The molecule has 2 aliphatic heterocycles. The molecule has 5 heteroatoms. The van der Waals surface area contributed by atoms with E-state index in [0.29, 0.717) is 31.3 Å². The molecule has 4 aliphatic rings. The van der Waals surface area contributed by atoms with Gasteiger partial charge in [-0.25, -0.2) is 0 Å². The zero-order valence-electron chi connectivity index (χ0n) is 16.0. The number of likely N-dealkylation sites (tertiary alicyclic amines) is 1. The zero-order chi connectivity index (χ0) is 18.0. The molecule has 0 aromatic carbocycles. The highest BCUT2D eigenvalue weighted by Crippen LogP contribution is 2.39. The van der Waals surface area contributed by atoms with Crippen molar-refractivity contribution in [2.24, 2.45) is 17.8 Å². The van der Waals surface area contributed by atoms with Crippen molar-refractivity contribution in [3.63, 3.8) is 0 Å². The summed E-state index contributed by atoms with van der Waals surface area (Å²) in [6.45, 7) is 2.98. The van der Waals surface area contributed by atoms with Gasteiger partial charge in [0, 0.05) is 19.4 Å². The van der Waals surface area contributed by atoms with E-state index in [-0.39, 0.29) is 11.5 Å². The van der Waals surface area contributed by atoms with Gasteiger partial charge in [0.2, 0.25) is 11.8 Å². The van der Waals surface area contributed by atoms with Crippen LogP contribution >= 0.6 is 0 Å². The van der Waals surface area contributed by atoms with Gasteiger partial charge in [0.15, 0.2) is 0 Å². The molecule has 5 nitrogen and oxygen atoms in total. The van der Waals surface area contributed by atoms with E-state index < -0.39 is 0 Å². The minimum Gasteiger partial charge on any atom is -0.371 e. The summed E-state index contributed by atoms with van der Waals surface area (Å²) in [4.78, 5) is 26.4. The molecule has 1 N–H and O–H groups in total. The molecule has 4 fully saturated rings. The molecule has 1 unspecified atom stereocenters. The molecule has 0 radical (unpaired) electrons. The van der Waals surface area contributed by atoms with E-state index in [1.165, 1.54) is 44.9 Å². The van der Waals surface area contributed by atoms with Crippen LogP contribution in [-0.4, -0.2) is 48.6 Å². The number of ether oxygens (including phenoxy) is 1. The van der Waals surface area contributed by atoms with E-state index in [0.717, 1.165) is 44.3 Å². The first-order chi connectivity index (χ1) is 12.6. The number of nitrogens with zero attached hydrogens (tertiary/aromatic N) is 1. The Kier molecular flexibility index (Phi) is 5.53. The molecule has 1 spiro atoms. The first-order valence-electron chi connectivity index (χ1n) is 10.8. The molecule has 2 saturated carbocycles. The Labute approximate surface area is 157 Å². The summed E-state index contributed by atoms with van der Waals surface area (Å²) in [5, 5.41) is 3.05. The predicted molar refractivity (Wildman–Crippen MR) is 99.5 cm³/mol. The third-order valence-corrected chi connectivity index (χ3v) is 6.85. The van der Waals surface area contributed by atoms with Crippen LogP contribution in [0, 0.1) is 17.8 Å². The summed E-state index contributed by atoms with van der Waals surface area (Å²) < 4.78 is 6.03. The van der Waals surface area contributed by atoms with Gasteiger partial charge >= 0.3 is 0 Å². The van der Waals surface area contributed by atoms with E-state index in [4.69, 9.17) is 4.74 Å². The monoisotopic (exact) mass is 362 g/mol. The van der Waals surface area contributed by atoms with Gasteiger partial charge in [-0.05, 0) is 43.4 Å². The molecule has 2 aliphatic carbocycles. The highest BCUT2D eigenvalue weighted by molar-refractivity contribution is 5.78. The predicted octanol–water partition coefficient (Wildman–Crippen LogP) is 2.88. The van der Waals surface area contributed by atoms with E-state index in [1.54, 1.807) is 0 Å². The van der Waals surface area contributed by atoms with E-state index in [1.807, 2.05) is 4.90 Å². The Balaban J connectivity index is 1.13. The van der Waals surface area contributed by atoms with Crippen LogP contribution in [0.15, 0.2) is 0 Å². The second kappa shape index (κ2) is 7.87. The fourth-order valence-corrected chi connectivity index (χ4v) is 4.99. The maximum Gasteiger partial charge on any atom is 0.222 e. The zero-order valence-corrected chi connectivity index (χ0v) is 16.0. The highest BCUT2D eigenvalue weighted by atomic mass is 16.5. The van der Waals surface area contributed by atoms with Crippen LogP contribution in [0.3, 0.4) is 0 Å². The van der Waals surface area contributed by atoms with Crippen molar-refractivity contribution >= 4 is 11.8 Å². The van der Waals surface area contributed by atoms with Gasteiger partial charge < -0.3 is 15.0 Å². The molecule has 0 aromatic rings. The summed E-state index contributed by atoms with van der Waals surface area (Å²) in [6.07, 6.45) is 12.5. The standard InChI is InChI=1S/C21H34N2O3/c24-19(22-12-17-6-7-17)10-18-11-21(26-13-18)14-23(15-21)20(25)9-8-16-4-2-1-3-5-16/h16-18H,1-15H2,(H,22,24). The van der Waals surface area contributed by atoms with Crippen LogP contribution in [0.25, 0.3) is 0 Å². The quantitative estimate of drug-likeness (QED) is 0.758. The van der Waals surface area contributed by atoms with Gasteiger partial charge in [-0.3, -0.25) is 9.59 Å². The lowest BCUT2D eigenvalue weighted by Gasteiger charge is -2.47. The minimum absolute atomic E-state index is 0.151. The Morgan fingerprint density at radius 3 is 2.50 bits per heavy atom. The molecule has 4 rings (SSSR count). The smallest absolute Gasteiger partial charge is 0.222 e. The molecule has 26 heavy (non-hydrogen) atoms. The number of amides is 2. The number of carbonyl (C=O) groups excluding carboxylic acids is 2. The minimum atomic E-state index is -0.151. The Morgan fingerprint density at radius 1 is 1.00 bits per heavy atom. The number of hydrogen-bond acceptors (Lipinski definition) is 3. The van der Waals surface area contributed by atoms with Crippen molar-refractivity contribution in [1.82, 2.24) is 10.2 Å². The van der Waals surface area contributed by atoms with Crippen molar-refractivity contribution in [2.75, 3.05) is 26.2 Å². The molecule has 1 atom stereocenters. The van der Waals surface area contributed by atoms with Crippen LogP contribution in [0.5, 0.6) is 0 Å². The number of carbonyl (C=O) groups is 2. The van der Waals surface area contributed by atoms with Gasteiger partial charge in [-0.15, -0.1) is 0 Å². The summed E-state index contributed by atoms with van der Waals surface area (Å²) in [5.74, 6) is 2.28. The second-order valence-electron chi connectivity index (χ2n) is 9.31. The van der Waals surface area contributed by atoms with Crippen LogP contribution in [-0.2, 0) is 14.3 Å². The molecule has 0 aromatic heterocycles. The Hall–Kier alpha value is -1.10. The first kappa shape index (κ1) is 18.3. The molecule has 2 saturated heterocycles. The summed E-state index contributed by atoms with van der Waals surface area (Å²) >= 11 is 0. The molecular weight excluding hydrogens is 328 g/mol. The average Bonchev–Trinajstić information content (AvgIpc) is 3.36. The lowest BCUT2D eigenvalue weighted by Crippen LogP contribution is -2.63. The van der Waals surface area contributed by atoms with Gasteiger partial charge in [0.25, 0.3) is 0 Å². The molecule has 0 bridgehead atoms. The summed E-state index contributed by atoms with van der Waals surface area (Å²) in [6, 6.07) is 0. The van der Waals surface area contributed by atoms with Gasteiger partial charge in [0.1, 0.15) is 5.60 Å². The Morgan fingerprint density at radius 2 is 1.77 bits per heavy atom. The molecule has 146 valence electrons. The molecular formula is C21H34N2O3. The maximum atomic E-state index is 12.4. The fourth-order valence-electron chi connectivity index (χ4n) is 4.99. The number of rotatable bonds is 7. The van der Waals surface area contributed by atoms with Crippen LogP contribution in [0.2, 0.25) is 0 Å². The van der Waals surface area contributed by atoms with Crippen LogP contribution in [0.1, 0.15) is 70.6 Å². The van der Waals surface area contributed by atoms with Crippen molar-refractivity contribution in [3.8, 4) is 0 Å². The van der Waals surface area contributed by atoms with Crippen molar-refractivity contribution in [3.05, 3.63) is 0 Å². The summed E-state index contributed by atoms with van der Waals surface area (Å²) in [5.41, 5.74) is -0.151. The third-order valence-electron chi connectivity index (χ3n) is 6.85. The van der Waals surface area contributed by atoms with Crippen molar-refractivity contribution in [2.45, 2.75) is 76.2 Å². The van der Waals surface area contributed by atoms with Gasteiger partial charge in [-0.1, -0.05) is 32.1 Å². The largest absolute Gasteiger partial charge is 0.371 e. The topological polar surface area (TPSA) is 58.6 Å². The van der Waals surface area contributed by atoms with Gasteiger partial charge in [-0.2, -0.15) is 0 Å². The van der Waals surface area contributed by atoms with Gasteiger partial charge in [0.05, 0.1) is 19.7 Å². The Bertz CT molecular complexity index is 519. The number of nitrogens with one attached hydrogen (secondary N) is 1. The lowest BCUT2D eigenvalue weighted by atomic mass is 9.84. The summed E-state index contributed by atoms with van der Waals surface area (Å²) in [7, 11) is 0. The van der Waals surface area contributed by atoms with E-state index >= 15 is 0 Å². The first-order valence-corrected chi connectivity index (χ1v) is 10.8. The normalized spacial score (nSPS) is 28.2.